The van der Waals surface area contributed by atoms with Gasteiger partial charge < -0.3 is 14.4 Å². The van der Waals surface area contributed by atoms with E-state index in [1.807, 2.05) is 30.1 Å². The zero-order valence-corrected chi connectivity index (χ0v) is 12.5. The highest BCUT2D eigenvalue weighted by Crippen LogP contribution is 2.11. The number of nitrogens with zero attached hydrogens (tertiary/aromatic N) is 4. The Morgan fingerprint density at radius 2 is 1.64 bits per heavy atom. The molecule has 3 heterocycles. The summed E-state index contributed by atoms with van der Waals surface area (Å²) >= 11 is 0. The van der Waals surface area contributed by atoms with Crippen molar-refractivity contribution in [2.24, 2.45) is 7.05 Å². The second-order valence-corrected chi connectivity index (χ2v) is 5.39. The molecule has 0 saturated carbocycles. The number of aromatic nitrogens is 2. The average molecular weight is 298 g/mol. The standard InChI is InChI=1S/C16H18N4O2/c1-18-6-4-14(12-18)16(22)20-9-7-19(8-10-20)15(21)13-3-2-5-17-11-13/h2-6,11-12H,7-10H2,1H3. The first-order valence-electron chi connectivity index (χ1n) is 7.26. The molecule has 114 valence electrons. The molecule has 0 aromatic carbocycles. The van der Waals surface area contributed by atoms with Crippen molar-refractivity contribution in [3.8, 4) is 0 Å². The Morgan fingerprint density at radius 1 is 1.00 bits per heavy atom. The van der Waals surface area contributed by atoms with E-state index < -0.39 is 0 Å². The molecule has 0 atom stereocenters. The second-order valence-electron chi connectivity index (χ2n) is 5.39. The van der Waals surface area contributed by atoms with Crippen LogP contribution in [0.4, 0.5) is 0 Å². The maximum atomic E-state index is 12.4. The zero-order valence-electron chi connectivity index (χ0n) is 12.5. The van der Waals surface area contributed by atoms with E-state index in [1.54, 1.807) is 34.3 Å². The predicted molar refractivity (Wildman–Crippen MR) is 81.5 cm³/mol. The highest BCUT2D eigenvalue weighted by atomic mass is 16.2. The molecular weight excluding hydrogens is 280 g/mol. The van der Waals surface area contributed by atoms with Crippen molar-refractivity contribution in [1.29, 1.82) is 0 Å². The van der Waals surface area contributed by atoms with Gasteiger partial charge in [0.25, 0.3) is 11.8 Å². The molecule has 1 aliphatic heterocycles. The van der Waals surface area contributed by atoms with Gasteiger partial charge in [-0.3, -0.25) is 14.6 Å². The molecule has 0 unspecified atom stereocenters. The van der Waals surface area contributed by atoms with Crippen LogP contribution in [0.15, 0.2) is 43.0 Å². The van der Waals surface area contributed by atoms with Crippen molar-refractivity contribution in [3.63, 3.8) is 0 Å². The number of piperazine rings is 1. The van der Waals surface area contributed by atoms with E-state index in [0.717, 1.165) is 0 Å². The minimum Gasteiger partial charge on any atom is -0.356 e. The predicted octanol–water partition coefficient (Wildman–Crippen LogP) is 1.02. The summed E-state index contributed by atoms with van der Waals surface area (Å²) in [5.41, 5.74) is 1.28. The van der Waals surface area contributed by atoms with E-state index in [1.165, 1.54) is 0 Å². The van der Waals surface area contributed by atoms with Gasteiger partial charge in [-0.25, -0.2) is 0 Å². The third-order valence-electron chi connectivity index (χ3n) is 3.84. The number of rotatable bonds is 2. The third kappa shape index (κ3) is 2.86. The first kappa shape index (κ1) is 14.3. The molecule has 22 heavy (non-hydrogen) atoms. The molecule has 0 bridgehead atoms. The molecule has 0 aliphatic carbocycles. The number of carbonyl (C=O) groups excluding carboxylic acids is 2. The van der Waals surface area contributed by atoms with Gasteiger partial charge in [0, 0.05) is 58.0 Å². The SMILES string of the molecule is Cn1ccc(C(=O)N2CCN(C(=O)c3cccnc3)CC2)c1. The second kappa shape index (κ2) is 6.01. The van der Waals surface area contributed by atoms with Crippen LogP contribution in [0.25, 0.3) is 0 Å². The van der Waals surface area contributed by atoms with Gasteiger partial charge in [-0.1, -0.05) is 0 Å². The van der Waals surface area contributed by atoms with Crippen LogP contribution in [0.5, 0.6) is 0 Å². The maximum Gasteiger partial charge on any atom is 0.255 e. The van der Waals surface area contributed by atoms with Crippen molar-refractivity contribution in [1.82, 2.24) is 19.4 Å². The number of amides is 2. The molecule has 1 saturated heterocycles. The first-order valence-corrected chi connectivity index (χ1v) is 7.26. The Kier molecular flexibility index (Phi) is 3.91. The summed E-state index contributed by atoms with van der Waals surface area (Å²) < 4.78 is 1.86. The highest BCUT2D eigenvalue weighted by Gasteiger charge is 2.25. The maximum absolute atomic E-state index is 12.4. The third-order valence-corrected chi connectivity index (χ3v) is 3.84. The first-order chi connectivity index (χ1) is 10.6. The van der Waals surface area contributed by atoms with Crippen LogP contribution in [0.1, 0.15) is 20.7 Å². The lowest BCUT2D eigenvalue weighted by Crippen LogP contribution is -2.50. The van der Waals surface area contributed by atoms with Crippen LogP contribution in [-0.2, 0) is 7.05 Å². The molecular formula is C16H18N4O2. The van der Waals surface area contributed by atoms with E-state index in [0.29, 0.717) is 37.3 Å². The van der Waals surface area contributed by atoms with E-state index in [9.17, 15) is 9.59 Å². The lowest BCUT2D eigenvalue weighted by molar-refractivity contribution is 0.0535. The fourth-order valence-corrected chi connectivity index (χ4v) is 2.60. The largest absolute Gasteiger partial charge is 0.356 e. The normalized spacial score (nSPS) is 15.0. The Balaban J connectivity index is 1.61. The van der Waals surface area contributed by atoms with E-state index in [-0.39, 0.29) is 11.8 Å². The van der Waals surface area contributed by atoms with Gasteiger partial charge in [-0.2, -0.15) is 0 Å². The zero-order chi connectivity index (χ0) is 15.5. The van der Waals surface area contributed by atoms with Gasteiger partial charge in [0.15, 0.2) is 0 Å². The minimum atomic E-state index is -0.0279. The monoisotopic (exact) mass is 298 g/mol. The molecule has 0 radical (unpaired) electrons. The fourth-order valence-electron chi connectivity index (χ4n) is 2.60. The summed E-state index contributed by atoms with van der Waals surface area (Å²) in [6, 6.07) is 5.33. The van der Waals surface area contributed by atoms with Crippen molar-refractivity contribution in [2.75, 3.05) is 26.2 Å². The van der Waals surface area contributed by atoms with Crippen LogP contribution in [-0.4, -0.2) is 57.3 Å². The van der Waals surface area contributed by atoms with Crippen LogP contribution in [0.2, 0.25) is 0 Å². The summed E-state index contributed by atoms with van der Waals surface area (Å²) in [6.07, 6.45) is 6.89. The number of carbonyl (C=O) groups is 2. The van der Waals surface area contributed by atoms with Crippen LogP contribution < -0.4 is 0 Å². The van der Waals surface area contributed by atoms with Gasteiger partial charge in [0.1, 0.15) is 0 Å². The van der Waals surface area contributed by atoms with E-state index in [4.69, 9.17) is 0 Å². The van der Waals surface area contributed by atoms with Crippen molar-refractivity contribution < 1.29 is 9.59 Å². The van der Waals surface area contributed by atoms with Gasteiger partial charge >= 0.3 is 0 Å². The molecule has 3 rings (SSSR count). The number of pyridine rings is 1. The molecule has 2 aromatic rings. The van der Waals surface area contributed by atoms with E-state index in [2.05, 4.69) is 4.98 Å². The van der Waals surface area contributed by atoms with Crippen LogP contribution in [0.3, 0.4) is 0 Å². The summed E-state index contributed by atoms with van der Waals surface area (Å²) in [7, 11) is 1.89. The van der Waals surface area contributed by atoms with E-state index >= 15 is 0 Å². The molecule has 2 amide bonds. The Morgan fingerprint density at radius 3 is 2.14 bits per heavy atom. The quantitative estimate of drug-likeness (QED) is 0.831. The van der Waals surface area contributed by atoms with Gasteiger partial charge in [0.2, 0.25) is 0 Å². The van der Waals surface area contributed by atoms with Crippen LogP contribution in [0, 0.1) is 0 Å². The number of aryl methyl sites for hydroxylation is 1. The van der Waals surface area contributed by atoms with Gasteiger partial charge in [-0.05, 0) is 18.2 Å². The fraction of sp³-hybridized carbons (Fsp3) is 0.312. The lowest BCUT2D eigenvalue weighted by Gasteiger charge is -2.34. The molecule has 6 heteroatoms. The summed E-state index contributed by atoms with van der Waals surface area (Å²) in [5, 5.41) is 0. The average Bonchev–Trinajstić information content (AvgIpc) is 3.01. The Labute approximate surface area is 129 Å². The summed E-state index contributed by atoms with van der Waals surface area (Å²) in [4.78, 5) is 32.2. The molecule has 6 nitrogen and oxygen atoms in total. The Hall–Kier alpha value is -2.63. The van der Waals surface area contributed by atoms with Crippen molar-refractivity contribution in [2.45, 2.75) is 0 Å². The molecule has 0 spiro atoms. The highest BCUT2D eigenvalue weighted by molar-refractivity contribution is 5.95. The topological polar surface area (TPSA) is 58.4 Å². The summed E-state index contributed by atoms with van der Waals surface area (Å²) in [6.45, 7) is 2.21. The number of hydrogen-bond donors (Lipinski definition) is 0. The molecule has 1 aliphatic rings. The van der Waals surface area contributed by atoms with Crippen LogP contribution >= 0.6 is 0 Å². The smallest absolute Gasteiger partial charge is 0.255 e. The summed E-state index contributed by atoms with van der Waals surface area (Å²) in [5.74, 6) is -0.00557. The lowest BCUT2D eigenvalue weighted by atomic mass is 10.2. The molecule has 0 N–H and O–H groups in total. The Bertz CT molecular complexity index is 672. The molecule has 1 fully saturated rings. The van der Waals surface area contributed by atoms with Gasteiger partial charge in [-0.15, -0.1) is 0 Å². The number of hydrogen-bond acceptors (Lipinski definition) is 3. The van der Waals surface area contributed by atoms with Crippen molar-refractivity contribution in [3.05, 3.63) is 54.1 Å². The van der Waals surface area contributed by atoms with Crippen molar-refractivity contribution >= 4 is 11.8 Å². The van der Waals surface area contributed by atoms with Gasteiger partial charge in [0.05, 0.1) is 11.1 Å². The minimum absolute atomic E-state index is 0.0223. The molecule has 2 aromatic heterocycles.